The Labute approximate surface area is 329 Å². The van der Waals surface area contributed by atoms with Crippen molar-refractivity contribution in [2.75, 3.05) is 11.5 Å². The zero-order valence-electron chi connectivity index (χ0n) is 30.5. The number of nitrogen functional groups attached to an aromatic ring is 2. The highest BCUT2D eigenvalue weighted by atomic mass is 16.5. The largest absolute Gasteiger partial charge is 0.457 e. The molecular formula is C48H36N2O7. The van der Waals surface area contributed by atoms with Crippen molar-refractivity contribution in [1.82, 2.24) is 0 Å². The Morgan fingerprint density at radius 3 is 0.667 bits per heavy atom. The summed E-state index contributed by atoms with van der Waals surface area (Å²) in [5.74, 6) is 7.99. The van der Waals surface area contributed by atoms with Crippen LogP contribution in [-0.2, 0) is 0 Å². The van der Waals surface area contributed by atoms with E-state index >= 15 is 0 Å². The van der Waals surface area contributed by atoms with Gasteiger partial charge in [-0.2, -0.15) is 0 Å². The minimum Gasteiger partial charge on any atom is -0.457 e. The van der Waals surface area contributed by atoms with Crippen LogP contribution < -0.4 is 44.6 Å². The Morgan fingerprint density at radius 2 is 0.421 bits per heavy atom. The van der Waals surface area contributed by atoms with Crippen LogP contribution in [0.25, 0.3) is 0 Å². The third-order valence-electron chi connectivity index (χ3n) is 8.25. The van der Waals surface area contributed by atoms with Crippen molar-refractivity contribution in [3.8, 4) is 80.5 Å². The van der Waals surface area contributed by atoms with E-state index in [2.05, 4.69) is 0 Å². The SMILES string of the molecule is Nc1cccc(Oc2cccc(Oc3ccccc3Oc3cccc(Oc4cccc(Oc5ccccc5Oc5cccc(Oc6cccc(N)c6)c5)c4)c3)c2)c1. The van der Waals surface area contributed by atoms with Crippen LogP contribution in [0.1, 0.15) is 0 Å². The Hall–Kier alpha value is -8.04. The summed E-state index contributed by atoms with van der Waals surface area (Å²) in [6.45, 7) is 0. The summed E-state index contributed by atoms with van der Waals surface area (Å²) in [5.41, 5.74) is 13.1. The van der Waals surface area contributed by atoms with E-state index in [4.69, 9.17) is 44.6 Å². The average molecular weight is 753 g/mol. The number of hydrogen-bond acceptors (Lipinski definition) is 9. The fourth-order valence-electron chi connectivity index (χ4n) is 5.71. The molecular weight excluding hydrogens is 717 g/mol. The number of para-hydroxylation sites is 4. The Kier molecular flexibility index (Phi) is 10.7. The van der Waals surface area contributed by atoms with Crippen molar-refractivity contribution >= 4 is 11.4 Å². The molecule has 0 heterocycles. The standard InChI is InChI=1S/C48H36N2O7/c49-33-11-5-13-35(27-33)51-37-15-7-19-41(29-37)54-45-23-1-3-25-47(45)56-43-21-9-17-39(31-43)53-40-18-10-22-44(32-40)57-48-26-4-2-24-46(48)55-42-20-8-16-38(30-42)52-36-14-6-12-34(50)28-36/h1-32H,49-50H2. The van der Waals surface area contributed by atoms with Gasteiger partial charge in [-0.05, 0) is 97.1 Å². The zero-order valence-corrected chi connectivity index (χ0v) is 30.5. The van der Waals surface area contributed by atoms with Crippen LogP contribution in [0.5, 0.6) is 80.5 Å². The predicted octanol–water partition coefficient (Wildman–Crippen LogP) is 13.4. The van der Waals surface area contributed by atoms with Gasteiger partial charge in [-0.3, -0.25) is 0 Å². The van der Waals surface area contributed by atoms with Gasteiger partial charge in [0, 0.05) is 47.8 Å². The van der Waals surface area contributed by atoms with E-state index in [0.29, 0.717) is 91.9 Å². The van der Waals surface area contributed by atoms with Gasteiger partial charge in [0.05, 0.1) is 0 Å². The number of hydrogen-bond donors (Lipinski definition) is 2. The lowest BCUT2D eigenvalue weighted by molar-refractivity contribution is 0.409. The molecule has 0 radical (unpaired) electrons. The Morgan fingerprint density at radius 1 is 0.211 bits per heavy atom. The topological polar surface area (TPSA) is 117 Å². The summed E-state index contributed by atoms with van der Waals surface area (Å²) in [4.78, 5) is 0. The molecule has 0 bridgehead atoms. The van der Waals surface area contributed by atoms with Crippen LogP contribution >= 0.6 is 0 Å². The molecule has 0 fully saturated rings. The molecule has 0 aliphatic rings. The smallest absolute Gasteiger partial charge is 0.169 e. The van der Waals surface area contributed by atoms with E-state index in [0.717, 1.165) is 0 Å². The zero-order chi connectivity index (χ0) is 38.8. The van der Waals surface area contributed by atoms with Crippen LogP contribution in [-0.4, -0.2) is 0 Å². The van der Waals surface area contributed by atoms with E-state index < -0.39 is 0 Å². The predicted molar refractivity (Wildman–Crippen MR) is 221 cm³/mol. The molecule has 8 rings (SSSR count). The number of ether oxygens (including phenoxy) is 7. The first-order valence-corrected chi connectivity index (χ1v) is 18.0. The summed E-state index contributed by atoms with van der Waals surface area (Å²) in [6.07, 6.45) is 0. The van der Waals surface area contributed by atoms with Crippen LogP contribution in [0.2, 0.25) is 0 Å². The molecule has 0 unspecified atom stereocenters. The second kappa shape index (κ2) is 17.0. The first kappa shape index (κ1) is 36.0. The summed E-state index contributed by atoms with van der Waals surface area (Å²) >= 11 is 0. The van der Waals surface area contributed by atoms with E-state index in [-0.39, 0.29) is 0 Å². The van der Waals surface area contributed by atoms with Gasteiger partial charge in [-0.25, -0.2) is 0 Å². The molecule has 8 aromatic carbocycles. The number of anilines is 2. The molecule has 0 atom stereocenters. The minimum absolute atomic E-state index is 0.522. The van der Waals surface area contributed by atoms with E-state index in [1.54, 1.807) is 48.5 Å². The van der Waals surface area contributed by atoms with Gasteiger partial charge in [0.2, 0.25) is 0 Å². The third-order valence-corrected chi connectivity index (χ3v) is 8.25. The molecule has 0 aromatic heterocycles. The summed E-state index contributed by atoms with van der Waals surface area (Å²) in [5, 5.41) is 0. The Bertz CT molecular complexity index is 2450. The number of rotatable bonds is 14. The average Bonchev–Trinajstić information content (AvgIpc) is 3.20. The molecule has 0 aliphatic heterocycles. The van der Waals surface area contributed by atoms with Crippen molar-refractivity contribution < 1.29 is 33.2 Å². The highest BCUT2D eigenvalue weighted by molar-refractivity contribution is 5.51. The fraction of sp³-hybridized carbons (Fsp3) is 0. The minimum atomic E-state index is 0.522. The van der Waals surface area contributed by atoms with Crippen molar-refractivity contribution in [2.45, 2.75) is 0 Å². The van der Waals surface area contributed by atoms with Crippen LogP contribution in [0.3, 0.4) is 0 Å². The fourth-order valence-corrected chi connectivity index (χ4v) is 5.71. The van der Waals surface area contributed by atoms with Gasteiger partial charge in [0.15, 0.2) is 23.0 Å². The lowest BCUT2D eigenvalue weighted by atomic mass is 10.2. The summed E-state index contributed by atoms with van der Waals surface area (Å²) in [6, 6.07) is 58.8. The number of nitrogens with two attached hydrogens (primary N) is 2. The van der Waals surface area contributed by atoms with Gasteiger partial charge in [0.25, 0.3) is 0 Å². The van der Waals surface area contributed by atoms with Gasteiger partial charge >= 0.3 is 0 Å². The molecule has 0 aliphatic carbocycles. The molecule has 4 N–H and O–H groups in total. The number of benzene rings is 8. The molecule has 0 saturated carbocycles. The molecule has 0 spiro atoms. The highest BCUT2D eigenvalue weighted by Crippen LogP contribution is 2.39. The van der Waals surface area contributed by atoms with E-state index in [9.17, 15) is 0 Å². The molecule has 0 amide bonds. The molecule has 0 saturated heterocycles. The highest BCUT2D eigenvalue weighted by Gasteiger charge is 2.12. The van der Waals surface area contributed by atoms with E-state index in [1.807, 2.05) is 146 Å². The summed E-state index contributed by atoms with van der Waals surface area (Å²) in [7, 11) is 0. The Balaban J connectivity index is 0.922. The third kappa shape index (κ3) is 9.74. The maximum absolute atomic E-state index is 6.30. The van der Waals surface area contributed by atoms with E-state index in [1.165, 1.54) is 0 Å². The second-order valence-electron chi connectivity index (χ2n) is 12.7. The van der Waals surface area contributed by atoms with Gasteiger partial charge < -0.3 is 44.6 Å². The van der Waals surface area contributed by atoms with Gasteiger partial charge in [-0.15, -0.1) is 0 Å². The molecule has 280 valence electrons. The first-order chi connectivity index (χ1) is 28.0. The molecule has 9 heteroatoms. The van der Waals surface area contributed by atoms with Crippen molar-refractivity contribution in [1.29, 1.82) is 0 Å². The maximum atomic E-state index is 6.30. The first-order valence-electron chi connectivity index (χ1n) is 18.0. The monoisotopic (exact) mass is 752 g/mol. The maximum Gasteiger partial charge on any atom is 0.169 e. The molecule has 57 heavy (non-hydrogen) atoms. The molecule has 9 nitrogen and oxygen atoms in total. The van der Waals surface area contributed by atoms with Crippen LogP contribution in [0.15, 0.2) is 194 Å². The van der Waals surface area contributed by atoms with Crippen molar-refractivity contribution in [3.05, 3.63) is 194 Å². The lowest BCUT2D eigenvalue weighted by Crippen LogP contribution is -1.93. The quantitative estimate of drug-likeness (QED) is 0.105. The van der Waals surface area contributed by atoms with Crippen LogP contribution in [0, 0.1) is 0 Å². The van der Waals surface area contributed by atoms with Crippen molar-refractivity contribution in [3.63, 3.8) is 0 Å². The summed E-state index contributed by atoms with van der Waals surface area (Å²) < 4.78 is 43.3. The second-order valence-corrected chi connectivity index (χ2v) is 12.7. The lowest BCUT2D eigenvalue weighted by Gasteiger charge is -2.15. The van der Waals surface area contributed by atoms with Crippen molar-refractivity contribution in [2.24, 2.45) is 0 Å². The normalized spacial score (nSPS) is 10.6. The van der Waals surface area contributed by atoms with Crippen LogP contribution in [0.4, 0.5) is 11.4 Å². The van der Waals surface area contributed by atoms with Gasteiger partial charge in [0.1, 0.15) is 57.5 Å². The molecule has 8 aromatic rings. The van der Waals surface area contributed by atoms with Gasteiger partial charge in [-0.1, -0.05) is 60.7 Å².